The normalized spacial score (nSPS) is 18.6. The minimum absolute atomic E-state index is 0.0374. The van der Waals surface area contributed by atoms with Crippen LogP contribution in [0, 0.1) is 19.8 Å². The number of rotatable bonds is 10. The number of hydrogen-bond donors (Lipinski definition) is 1. The van der Waals surface area contributed by atoms with Crippen molar-refractivity contribution in [2.45, 2.75) is 63.7 Å². The average Bonchev–Trinajstić information content (AvgIpc) is 3.34. The van der Waals surface area contributed by atoms with E-state index in [4.69, 9.17) is 9.47 Å². The minimum atomic E-state index is -1.09. The van der Waals surface area contributed by atoms with E-state index in [1.807, 2.05) is 19.9 Å². The monoisotopic (exact) mass is 547 g/mol. The highest BCUT2D eigenvalue weighted by Crippen LogP contribution is 2.43. The number of aliphatic hydroxyl groups is 1. The number of likely N-dealkylation sites (tertiary alicyclic amines) is 1. The summed E-state index contributed by atoms with van der Waals surface area (Å²) in [7, 11) is 0. The number of carbonyl (C=O) groups is 1. The van der Waals surface area contributed by atoms with E-state index in [1.165, 1.54) is 16.0 Å². The first-order chi connectivity index (χ1) is 18.6. The van der Waals surface area contributed by atoms with Crippen LogP contribution in [0.4, 0.5) is 0 Å². The molecule has 0 amide bonds. The summed E-state index contributed by atoms with van der Waals surface area (Å²) in [6.07, 6.45) is 1.48. The van der Waals surface area contributed by atoms with Gasteiger partial charge in [0.05, 0.1) is 12.7 Å². The number of carbonyl (C=O) groups excluding carboxylic acids is 1. The maximum absolute atomic E-state index is 12.5. The van der Waals surface area contributed by atoms with E-state index in [0.29, 0.717) is 12.4 Å². The topological polar surface area (TPSA) is 59.0 Å². The number of ether oxygens (including phenoxy) is 2. The fraction of sp³-hybridized carbons (Fsp3) is 0.424. The van der Waals surface area contributed by atoms with Gasteiger partial charge in [0.25, 0.3) is 0 Å². The highest BCUT2D eigenvalue weighted by molar-refractivity contribution is 7.98. The fourth-order valence-corrected chi connectivity index (χ4v) is 5.97. The van der Waals surface area contributed by atoms with Crippen LogP contribution in [-0.2, 0) is 16.1 Å². The van der Waals surface area contributed by atoms with Gasteiger partial charge < -0.3 is 14.6 Å². The lowest BCUT2D eigenvalue weighted by molar-refractivity contribution is -0.158. The summed E-state index contributed by atoms with van der Waals surface area (Å²) in [6.45, 7) is 12.1. The molecule has 3 aromatic rings. The van der Waals surface area contributed by atoms with E-state index in [-0.39, 0.29) is 17.8 Å². The second-order valence-electron chi connectivity index (χ2n) is 11.0. The molecule has 1 aliphatic rings. The lowest BCUT2D eigenvalue weighted by Crippen LogP contribution is -2.40. The molecule has 3 aromatic carbocycles. The van der Waals surface area contributed by atoms with E-state index in [0.717, 1.165) is 36.3 Å². The Labute approximate surface area is 237 Å². The van der Waals surface area contributed by atoms with Gasteiger partial charge in [-0.25, -0.2) is 4.79 Å². The van der Waals surface area contributed by atoms with E-state index >= 15 is 0 Å². The second-order valence-corrected chi connectivity index (χ2v) is 11.9. The summed E-state index contributed by atoms with van der Waals surface area (Å²) >= 11 is 1.70. The molecule has 1 N–H and O–H groups in total. The molecule has 0 saturated carbocycles. The first-order valence-electron chi connectivity index (χ1n) is 13.7. The maximum Gasteiger partial charge on any atom is 0.349 e. The summed E-state index contributed by atoms with van der Waals surface area (Å²) in [5.41, 5.74) is 4.27. The van der Waals surface area contributed by atoms with Crippen molar-refractivity contribution < 1.29 is 19.4 Å². The molecular formula is C33H41NO4S. The molecule has 1 unspecified atom stereocenters. The standard InChI is InChI=1S/C33H41NO4S/c1-7-37-32(36)33(4,5)38-31-22(2)17-26(18-23(31)3)28-20-34(19-24-11-9-8-10-12-24)21-29(28)30(35)25-13-15-27(39-6)16-14-25/h8-18,28-30,35H,7,19-21H2,1-6H3/t28-,29?,30+/m1/s1. The van der Waals surface area contributed by atoms with Crippen molar-refractivity contribution in [3.8, 4) is 5.75 Å². The zero-order chi connectivity index (χ0) is 28.2. The Morgan fingerprint density at radius 2 is 1.69 bits per heavy atom. The number of benzene rings is 3. The van der Waals surface area contributed by atoms with Crippen molar-refractivity contribution in [1.29, 1.82) is 0 Å². The van der Waals surface area contributed by atoms with Crippen LogP contribution >= 0.6 is 11.8 Å². The van der Waals surface area contributed by atoms with Gasteiger partial charge >= 0.3 is 5.97 Å². The lowest BCUT2D eigenvalue weighted by Gasteiger charge is -2.28. The Morgan fingerprint density at radius 1 is 1.05 bits per heavy atom. The van der Waals surface area contributed by atoms with Gasteiger partial charge in [0.2, 0.25) is 0 Å². The van der Waals surface area contributed by atoms with Crippen molar-refractivity contribution in [3.05, 3.63) is 94.5 Å². The van der Waals surface area contributed by atoms with Crippen molar-refractivity contribution in [1.82, 2.24) is 4.90 Å². The van der Waals surface area contributed by atoms with Gasteiger partial charge in [0, 0.05) is 36.4 Å². The number of aliphatic hydroxyl groups excluding tert-OH is 1. The van der Waals surface area contributed by atoms with Crippen molar-refractivity contribution >= 4 is 17.7 Å². The molecule has 208 valence electrons. The van der Waals surface area contributed by atoms with Crippen LogP contribution in [0.5, 0.6) is 5.75 Å². The maximum atomic E-state index is 12.5. The Balaban J connectivity index is 1.64. The number of hydrogen-bond acceptors (Lipinski definition) is 6. The zero-order valence-electron chi connectivity index (χ0n) is 23.9. The van der Waals surface area contributed by atoms with Crippen molar-refractivity contribution in [3.63, 3.8) is 0 Å². The Hall–Kier alpha value is -2.80. The Kier molecular flexibility index (Phi) is 9.42. The summed E-state index contributed by atoms with van der Waals surface area (Å²) in [6, 6.07) is 23.1. The highest BCUT2D eigenvalue weighted by atomic mass is 32.2. The highest BCUT2D eigenvalue weighted by Gasteiger charge is 2.39. The summed E-state index contributed by atoms with van der Waals surface area (Å²) < 4.78 is 11.4. The third-order valence-corrected chi connectivity index (χ3v) is 8.33. The van der Waals surface area contributed by atoms with Gasteiger partial charge in [-0.3, -0.25) is 4.90 Å². The largest absolute Gasteiger partial charge is 0.476 e. The molecule has 1 saturated heterocycles. The number of thioether (sulfide) groups is 1. The van der Waals surface area contributed by atoms with Gasteiger partial charge in [0.1, 0.15) is 5.75 Å². The van der Waals surface area contributed by atoms with Crippen molar-refractivity contribution in [2.24, 2.45) is 5.92 Å². The van der Waals surface area contributed by atoms with Crippen LogP contribution in [0.1, 0.15) is 60.6 Å². The smallest absolute Gasteiger partial charge is 0.349 e. The Morgan fingerprint density at radius 3 is 2.28 bits per heavy atom. The predicted molar refractivity (Wildman–Crippen MR) is 158 cm³/mol. The molecule has 0 bridgehead atoms. The molecule has 0 radical (unpaired) electrons. The summed E-state index contributed by atoms with van der Waals surface area (Å²) in [5, 5.41) is 11.6. The summed E-state index contributed by atoms with van der Waals surface area (Å²) in [4.78, 5) is 16.1. The fourth-order valence-electron chi connectivity index (χ4n) is 5.57. The van der Waals surface area contributed by atoms with Gasteiger partial charge in [-0.2, -0.15) is 0 Å². The first kappa shape index (κ1) is 29.2. The minimum Gasteiger partial charge on any atom is -0.476 e. The average molecular weight is 548 g/mol. The van der Waals surface area contributed by atoms with Crippen LogP contribution in [0.2, 0.25) is 0 Å². The number of nitrogens with zero attached hydrogens (tertiary/aromatic N) is 1. The van der Waals surface area contributed by atoms with Crippen LogP contribution in [-0.4, -0.2) is 47.5 Å². The van der Waals surface area contributed by atoms with Crippen LogP contribution in [0.25, 0.3) is 0 Å². The quantitative estimate of drug-likeness (QED) is 0.225. The zero-order valence-corrected chi connectivity index (χ0v) is 24.8. The molecule has 0 aromatic heterocycles. The molecule has 0 aliphatic carbocycles. The summed E-state index contributed by atoms with van der Waals surface area (Å²) in [5.74, 6) is 0.514. The van der Waals surface area contributed by atoms with Crippen molar-refractivity contribution in [2.75, 3.05) is 26.0 Å². The molecule has 1 aliphatic heterocycles. The van der Waals surface area contributed by atoms with E-state index in [2.05, 4.69) is 71.8 Å². The molecule has 3 atom stereocenters. The van der Waals surface area contributed by atoms with Gasteiger partial charge in [-0.1, -0.05) is 54.6 Å². The molecule has 6 heteroatoms. The third kappa shape index (κ3) is 6.86. The number of esters is 1. The Bertz CT molecular complexity index is 1240. The van der Waals surface area contributed by atoms with Crippen LogP contribution in [0.15, 0.2) is 71.6 Å². The molecule has 39 heavy (non-hydrogen) atoms. The SMILES string of the molecule is CCOC(=O)C(C)(C)Oc1c(C)cc([C@H]2CN(Cc3ccccc3)CC2[C@@H](O)c2ccc(SC)cc2)cc1C. The number of aryl methyl sites for hydroxylation is 2. The molecular weight excluding hydrogens is 506 g/mol. The van der Waals surface area contributed by atoms with Gasteiger partial charge in [0.15, 0.2) is 5.60 Å². The van der Waals surface area contributed by atoms with E-state index in [1.54, 1.807) is 32.5 Å². The van der Waals surface area contributed by atoms with E-state index < -0.39 is 11.7 Å². The van der Waals surface area contributed by atoms with Crippen LogP contribution in [0.3, 0.4) is 0 Å². The van der Waals surface area contributed by atoms with Gasteiger partial charge in [-0.15, -0.1) is 11.8 Å². The molecule has 1 fully saturated rings. The van der Waals surface area contributed by atoms with Crippen LogP contribution < -0.4 is 4.74 Å². The molecule has 0 spiro atoms. The van der Waals surface area contributed by atoms with Gasteiger partial charge in [-0.05, 0) is 80.8 Å². The molecule has 4 rings (SSSR count). The van der Waals surface area contributed by atoms with E-state index in [9.17, 15) is 9.90 Å². The molecule has 1 heterocycles. The third-order valence-electron chi connectivity index (χ3n) is 7.59. The lowest BCUT2D eigenvalue weighted by atomic mass is 9.82. The molecule has 5 nitrogen and oxygen atoms in total. The first-order valence-corrected chi connectivity index (χ1v) is 14.9. The predicted octanol–water partition coefficient (Wildman–Crippen LogP) is 6.70. The second kappa shape index (κ2) is 12.6.